The van der Waals surface area contributed by atoms with Crippen LogP contribution >= 0.6 is 0 Å². The van der Waals surface area contributed by atoms with Crippen LogP contribution in [0.4, 0.5) is 5.69 Å². The maximum absolute atomic E-state index is 11.8. The molecule has 0 unspecified atom stereocenters. The van der Waals surface area contributed by atoms with Crippen LogP contribution < -0.4 is 10.1 Å². The largest absolute Gasteiger partial charge is 0.464 e. The number of amides is 1. The number of rotatable bonds is 6. The summed E-state index contributed by atoms with van der Waals surface area (Å²) in [4.78, 5) is 19.8. The van der Waals surface area contributed by atoms with Gasteiger partial charge >= 0.3 is 6.01 Å². The Labute approximate surface area is 102 Å². The van der Waals surface area contributed by atoms with Crippen molar-refractivity contribution in [2.45, 2.75) is 33.6 Å². The summed E-state index contributed by atoms with van der Waals surface area (Å²) in [5, 5.41) is 2.79. The van der Waals surface area contributed by atoms with Crippen LogP contribution in [0.25, 0.3) is 0 Å². The summed E-state index contributed by atoms with van der Waals surface area (Å²) >= 11 is 0. The smallest absolute Gasteiger partial charge is 0.316 e. The molecule has 1 N–H and O–H groups in total. The van der Waals surface area contributed by atoms with Crippen molar-refractivity contribution < 1.29 is 9.53 Å². The van der Waals surface area contributed by atoms with E-state index < -0.39 is 0 Å². The number of aromatic nitrogens is 2. The highest BCUT2D eigenvalue weighted by atomic mass is 16.5. The van der Waals surface area contributed by atoms with Gasteiger partial charge in [-0.25, -0.2) is 9.97 Å². The highest BCUT2D eigenvalue weighted by Gasteiger charge is 2.14. The molecule has 5 nitrogen and oxygen atoms in total. The zero-order chi connectivity index (χ0) is 12.7. The van der Waals surface area contributed by atoms with Crippen molar-refractivity contribution in [1.29, 1.82) is 0 Å². The predicted molar refractivity (Wildman–Crippen MR) is 65.9 cm³/mol. The van der Waals surface area contributed by atoms with Gasteiger partial charge in [-0.05, 0) is 19.8 Å². The first-order valence-corrected chi connectivity index (χ1v) is 5.96. The molecule has 5 heteroatoms. The SMILES string of the molecule is CCOc1ncc(NC(=O)C(CC)CC)cn1. The number of nitrogens with one attached hydrogen (secondary N) is 1. The van der Waals surface area contributed by atoms with E-state index in [4.69, 9.17) is 4.74 Å². The van der Waals surface area contributed by atoms with E-state index in [0.717, 1.165) is 12.8 Å². The lowest BCUT2D eigenvalue weighted by Gasteiger charge is -2.12. The molecule has 1 rings (SSSR count). The Bertz CT molecular complexity index is 347. The van der Waals surface area contributed by atoms with Crippen LogP contribution in [-0.2, 0) is 4.79 Å². The lowest BCUT2D eigenvalue weighted by molar-refractivity contribution is -0.120. The molecule has 0 saturated carbocycles. The van der Waals surface area contributed by atoms with Crippen LogP contribution in [0, 0.1) is 5.92 Å². The minimum Gasteiger partial charge on any atom is -0.464 e. The van der Waals surface area contributed by atoms with E-state index in [-0.39, 0.29) is 11.8 Å². The Kier molecular flexibility index (Phi) is 5.39. The molecule has 0 aliphatic heterocycles. The maximum Gasteiger partial charge on any atom is 0.316 e. The first-order valence-electron chi connectivity index (χ1n) is 5.96. The fourth-order valence-corrected chi connectivity index (χ4v) is 1.49. The second kappa shape index (κ2) is 6.83. The van der Waals surface area contributed by atoms with E-state index in [9.17, 15) is 4.79 Å². The molecule has 0 aliphatic carbocycles. The molecule has 1 heterocycles. The Morgan fingerprint density at radius 2 is 1.88 bits per heavy atom. The van der Waals surface area contributed by atoms with Crippen molar-refractivity contribution in [2.75, 3.05) is 11.9 Å². The maximum atomic E-state index is 11.8. The Morgan fingerprint density at radius 1 is 1.29 bits per heavy atom. The molecule has 94 valence electrons. The van der Waals surface area contributed by atoms with Gasteiger partial charge in [-0.15, -0.1) is 0 Å². The van der Waals surface area contributed by atoms with Crippen molar-refractivity contribution >= 4 is 11.6 Å². The molecule has 0 fully saturated rings. The third kappa shape index (κ3) is 4.01. The second-order valence-electron chi connectivity index (χ2n) is 3.69. The molecule has 0 aromatic carbocycles. The van der Waals surface area contributed by atoms with E-state index >= 15 is 0 Å². The third-order valence-electron chi connectivity index (χ3n) is 2.53. The first kappa shape index (κ1) is 13.4. The average molecular weight is 237 g/mol. The number of hydrogen-bond acceptors (Lipinski definition) is 4. The van der Waals surface area contributed by atoms with Crippen molar-refractivity contribution in [3.05, 3.63) is 12.4 Å². The quantitative estimate of drug-likeness (QED) is 0.824. The summed E-state index contributed by atoms with van der Waals surface area (Å²) in [6.45, 7) is 6.40. The van der Waals surface area contributed by atoms with Gasteiger partial charge in [0.15, 0.2) is 0 Å². The zero-order valence-electron chi connectivity index (χ0n) is 10.6. The predicted octanol–water partition coefficient (Wildman–Crippen LogP) is 2.25. The fraction of sp³-hybridized carbons (Fsp3) is 0.583. The fourth-order valence-electron chi connectivity index (χ4n) is 1.49. The van der Waals surface area contributed by atoms with Crippen LogP contribution in [-0.4, -0.2) is 22.5 Å². The molecule has 0 spiro atoms. The molecular formula is C12H19N3O2. The lowest BCUT2D eigenvalue weighted by Crippen LogP contribution is -2.21. The van der Waals surface area contributed by atoms with Crippen LogP contribution in [0.1, 0.15) is 33.6 Å². The highest BCUT2D eigenvalue weighted by Crippen LogP contribution is 2.12. The number of hydrogen-bond donors (Lipinski definition) is 1. The molecule has 0 atom stereocenters. The molecule has 0 saturated heterocycles. The standard InChI is InChI=1S/C12H19N3O2/c1-4-9(5-2)11(16)15-10-7-13-12(14-8-10)17-6-3/h7-9H,4-6H2,1-3H3,(H,15,16). The molecule has 1 aromatic rings. The van der Waals surface area contributed by atoms with E-state index in [0.29, 0.717) is 18.3 Å². The number of anilines is 1. The molecule has 17 heavy (non-hydrogen) atoms. The third-order valence-corrected chi connectivity index (χ3v) is 2.53. The molecule has 0 aliphatic rings. The summed E-state index contributed by atoms with van der Waals surface area (Å²) in [5.41, 5.74) is 0.602. The second-order valence-corrected chi connectivity index (χ2v) is 3.69. The van der Waals surface area contributed by atoms with Crippen LogP contribution in [0.15, 0.2) is 12.4 Å². The molecule has 1 aromatic heterocycles. The summed E-state index contributed by atoms with van der Waals surface area (Å²) in [7, 11) is 0. The van der Waals surface area contributed by atoms with Gasteiger partial charge in [-0.2, -0.15) is 0 Å². The molecular weight excluding hydrogens is 218 g/mol. The van der Waals surface area contributed by atoms with Gasteiger partial charge in [0, 0.05) is 5.92 Å². The van der Waals surface area contributed by atoms with Crippen LogP contribution in [0.2, 0.25) is 0 Å². The number of ether oxygens (including phenoxy) is 1. The van der Waals surface area contributed by atoms with Crippen molar-refractivity contribution in [2.24, 2.45) is 5.92 Å². The highest BCUT2D eigenvalue weighted by molar-refractivity contribution is 5.92. The number of carbonyl (C=O) groups excluding carboxylic acids is 1. The number of nitrogens with zero attached hydrogens (tertiary/aromatic N) is 2. The normalized spacial score (nSPS) is 10.4. The lowest BCUT2D eigenvalue weighted by atomic mass is 10.0. The van der Waals surface area contributed by atoms with Crippen molar-refractivity contribution in [3.63, 3.8) is 0 Å². The van der Waals surface area contributed by atoms with Gasteiger partial charge in [0.1, 0.15) is 0 Å². The summed E-state index contributed by atoms with van der Waals surface area (Å²) in [6, 6.07) is 0.327. The van der Waals surface area contributed by atoms with Gasteiger partial charge in [-0.3, -0.25) is 4.79 Å². The summed E-state index contributed by atoms with van der Waals surface area (Å²) in [6.07, 6.45) is 4.77. The molecule has 1 amide bonds. The monoisotopic (exact) mass is 237 g/mol. The minimum absolute atomic E-state index is 0.0164. The van der Waals surface area contributed by atoms with Gasteiger partial charge < -0.3 is 10.1 Å². The van der Waals surface area contributed by atoms with Crippen molar-refractivity contribution in [1.82, 2.24) is 9.97 Å². The van der Waals surface area contributed by atoms with Gasteiger partial charge in [0.2, 0.25) is 5.91 Å². The summed E-state index contributed by atoms with van der Waals surface area (Å²) in [5.74, 6) is 0.0596. The zero-order valence-corrected chi connectivity index (χ0v) is 10.6. The average Bonchev–Trinajstić information content (AvgIpc) is 2.33. The van der Waals surface area contributed by atoms with E-state index in [2.05, 4.69) is 15.3 Å². The van der Waals surface area contributed by atoms with Gasteiger partial charge in [0.25, 0.3) is 0 Å². The van der Waals surface area contributed by atoms with E-state index in [1.807, 2.05) is 20.8 Å². The van der Waals surface area contributed by atoms with Crippen LogP contribution in [0.5, 0.6) is 6.01 Å². The van der Waals surface area contributed by atoms with Crippen LogP contribution in [0.3, 0.4) is 0 Å². The number of carbonyl (C=O) groups is 1. The van der Waals surface area contributed by atoms with Crippen molar-refractivity contribution in [3.8, 4) is 6.01 Å². The summed E-state index contributed by atoms with van der Waals surface area (Å²) < 4.78 is 5.12. The van der Waals surface area contributed by atoms with Gasteiger partial charge in [-0.1, -0.05) is 13.8 Å². The van der Waals surface area contributed by atoms with Gasteiger partial charge in [0.05, 0.1) is 24.7 Å². The minimum atomic E-state index is 0.0164. The Hall–Kier alpha value is -1.65. The Balaban J connectivity index is 2.59. The Morgan fingerprint density at radius 3 is 2.35 bits per heavy atom. The van der Waals surface area contributed by atoms with E-state index in [1.54, 1.807) is 12.4 Å². The molecule has 0 bridgehead atoms. The van der Waals surface area contributed by atoms with E-state index in [1.165, 1.54) is 0 Å². The topological polar surface area (TPSA) is 64.1 Å². The molecule has 0 radical (unpaired) electrons. The first-order chi connectivity index (χ1) is 8.21.